The van der Waals surface area contributed by atoms with E-state index in [1.807, 2.05) is 63.2 Å². The summed E-state index contributed by atoms with van der Waals surface area (Å²) < 4.78 is 1.75. The van der Waals surface area contributed by atoms with Crippen LogP contribution in [0.15, 0.2) is 35.1 Å². The van der Waals surface area contributed by atoms with Crippen molar-refractivity contribution in [2.24, 2.45) is 0 Å². The van der Waals surface area contributed by atoms with E-state index in [9.17, 15) is 9.59 Å². The van der Waals surface area contributed by atoms with E-state index in [2.05, 4.69) is 15.2 Å². The normalized spacial score (nSPS) is 16.3. The number of rotatable bonds is 8. The molecule has 1 saturated heterocycles. The molecule has 9 heteroatoms. The second-order valence-corrected chi connectivity index (χ2v) is 10.0. The molecule has 0 radical (unpaired) electrons. The molecule has 0 aliphatic carbocycles. The Morgan fingerprint density at radius 2 is 2.00 bits per heavy atom. The van der Waals surface area contributed by atoms with Crippen LogP contribution in [0.2, 0.25) is 0 Å². The molecule has 2 aromatic heterocycles. The first-order valence-electron chi connectivity index (χ1n) is 11.5. The highest BCUT2D eigenvalue weighted by molar-refractivity contribution is 7.21. The largest absolute Gasteiger partial charge is 0.350 e. The fourth-order valence-corrected chi connectivity index (χ4v) is 5.27. The maximum atomic E-state index is 13.3. The number of nitrogens with zero attached hydrogens (tertiary/aromatic N) is 5. The topological polar surface area (TPSA) is 83.4 Å². The van der Waals surface area contributed by atoms with Gasteiger partial charge in [0.25, 0.3) is 5.56 Å². The van der Waals surface area contributed by atoms with E-state index in [1.165, 1.54) is 11.3 Å². The zero-order chi connectivity index (χ0) is 23.5. The Balaban J connectivity index is 1.60. The van der Waals surface area contributed by atoms with Gasteiger partial charge >= 0.3 is 0 Å². The lowest BCUT2D eigenvalue weighted by Crippen LogP contribution is -2.43. The molecule has 1 aromatic carbocycles. The van der Waals surface area contributed by atoms with Gasteiger partial charge < -0.3 is 15.1 Å². The van der Waals surface area contributed by atoms with Crippen molar-refractivity contribution in [1.29, 1.82) is 0 Å². The van der Waals surface area contributed by atoms with Crippen LogP contribution in [0.3, 0.4) is 0 Å². The fraction of sp³-hybridized carbons (Fsp3) is 0.500. The average Bonchev–Trinajstić information content (AvgIpc) is 3.43. The summed E-state index contributed by atoms with van der Waals surface area (Å²) in [6, 6.07) is 9.61. The van der Waals surface area contributed by atoms with E-state index in [0.717, 1.165) is 37.3 Å². The summed E-state index contributed by atoms with van der Waals surface area (Å²) in [6.07, 6.45) is 2.38. The molecule has 1 fully saturated rings. The number of hydrogen-bond acceptors (Lipinski definition) is 7. The summed E-state index contributed by atoms with van der Waals surface area (Å²) in [7, 11) is 4.02. The highest BCUT2D eigenvalue weighted by Crippen LogP contribution is 2.32. The van der Waals surface area contributed by atoms with Gasteiger partial charge in [0, 0.05) is 32.1 Å². The minimum absolute atomic E-state index is 0.0000109. The van der Waals surface area contributed by atoms with Crippen LogP contribution in [0.4, 0.5) is 5.13 Å². The third kappa shape index (κ3) is 5.09. The first-order valence-corrected chi connectivity index (χ1v) is 12.3. The lowest BCUT2D eigenvalue weighted by atomic mass is 10.2. The molecule has 1 aliphatic rings. The number of hydrogen-bond donors (Lipinski definition) is 1. The van der Waals surface area contributed by atoms with Gasteiger partial charge in [0.15, 0.2) is 15.5 Å². The van der Waals surface area contributed by atoms with E-state index in [1.54, 1.807) is 4.57 Å². The molecule has 4 rings (SSSR count). The van der Waals surface area contributed by atoms with Gasteiger partial charge in [-0.15, -0.1) is 0 Å². The number of fused-ring (bicyclic) bond motifs is 1. The summed E-state index contributed by atoms with van der Waals surface area (Å²) in [5.41, 5.74) is 1.36. The standard InChI is InChI=1S/C24H32N6O2S/c1-16(2)30-19(12-14-28(3)4)26-22-20(23(30)32)27-24(33-22)29-13-8-11-18(29)21(31)25-15-17-9-6-5-7-10-17/h5-7,9-10,16,18H,8,11-15H2,1-4H3,(H,25,31). The zero-order valence-corrected chi connectivity index (χ0v) is 20.6. The van der Waals surface area contributed by atoms with Crippen LogP contribution < -0.4 is 15.8 Å². The second-order valence-electron chi connectivity index (χ2n) is 9.06. The number of carbonyl (C=O) groups excluding carboxylic acids is 1. The van der Waals surface area contributed by atoms with E-state index in [-0.39, 0.29) is 23.6 Å². The number of benzene rings is 1. The zero-order valence-electron chi connectivity index (χ0n) is 19.7. The quantitative estimate of drug-likeness (QED) is 0.547. The predicted molar refractivity (Wildman–Crippen MR) is 133 cm³/mol. The molecule has 3 aromatic rings. The molecule has 1 amide bonds. The maximum absolute atomic E-state index is 13.3. The highest BCUT2D eigenvalue weighted by atomic mass is 32.1. The summed E-state index contributed by atoms with van der Waals surface area (Å²) >= 11 is 1.41. The smallest absolute Gasteiger partial charge is 0.281 e. The Bertz CT molecular complexity index is 1170. The SMILES string of the molecule is CC(C)n1c(CCN(C)C)nc2sc(N3CCCC3C(=O)NCc3ccccc3)nc2c1=O. The van der Waals surface area contributed by atoms with Gasteiger partial charge in [0.2, 0.25) is 5.91 Å². The molecule has 1 atom stereocenters. The number of thiazole rings is 1. The van der Waals surface area contributed by atoms with Gasteiger partial charge in [-0.1, -0.05) is 41.7 Å². The lowest BCUT2D eigenvalue weighted by molar-refractivity contribution is -0.122. The number of aromatic nitrogens is 3. The summed E-state index contributed by atoms with van der Waals surface area (Å²) in [6.45, 7) is 6.05. The molecular formula is C24H32N6O2S. The molecule has 0 spiro atoms. The molecule has 1 unspecified atom stereocenters. The molecule has 8 nitrogen and oxygen atoms in total. The number of nitrogens with one attached hydrogen (secondary N) is 1. The molecule has 3 heterocycles. The van der Waals surface area contributed by atoms with Crippen molar-refractivity contribution in [3.05, 3.63) is 52.1 Å². The summed E-state index contributed by atoms with van der Waals surface area (Å²) in [5, 5.41) is 3.76. The third-order valence-electron chi connectivity index (χ3n) is 5.94. The molecule has 1 aliphatic heterocycles. The van der Waals surface area contributed by atoms with Gasteiger partial charge in [0.1, 0.15) is 11.9 Å². The molecule has 1 N–H and O–H groups in total. The third-order valence-corrected chi connectivity index (χ3v) is 6.92. The molecule has 0 saturated carbocycles. The minimum atomic E-state index is -0.283. The van der Waals surface area contributed by atoms with E-state index in [4.69, 9.17) is 4.98 Å². The first kappa shape index (κ1) is 23.4. The van der Waals surface area contributed by atoms with Crippen LogP contribution in [0.25, 0.3) is 10.3 Å². The molecule has 0 bridgehead atoms. The Morgan fingerprint density at radius 3 is 2.70 bits per heavy atom. The Hall–Kier alpha value is -2.78. The highest BCUT2D eigenvalue weighted by Gasteiger charge is 2.33. The lowest BCUT2D eigenvalue weighted by Gasteiger charge is -2.23. The number of likely N-dealkylation sites (N-methyl/N-ethyl adjacent to an activating group) is 1. The Kier molecular flexibility index (Phi) is 7.09. The van der Waals surface area contributed by atoms with Crippen molar-refractivity contribution in [3.63, 3.8) is 0 Å². The summed E-state index contributed by atoms with van der Waals surface area (Å²) in [4.78, 5) is 40.5. The van der Waals surface area contributed by atoms with Crippen LogP contribution in [-0.2, 0) is 17.8 Å². The van der Waals surface area contributed by atoms with Gasteiger partial charge in [-0.25, -0.2) is 9.97 Å². The average molecular weight is 469 g/mol. The van der Waals surface area contributed by atoms with Crippen molar-refractivity contribution in [3.8, 4) is 0 Å². The minimum Gasteiger partial charge on any atom is -0.350 e. The van der Waals surface area contributed by atoms with Crippen LogP contribution >= 0.6 is 11.3 Å². The van der Waals surface area contributed by atoms with E-state index in [0.29, 0.717) is 28.4 Å². The number of anilines is 1. The van der Waals surface area contributed by atoms with Gasteiger partial charge in [0.05, 0.1) is 0 Å². The molecular weight excluding hydrogens is 436 g/mol. The van der Waals surface area contributed by atoms with Crippen molar-refractivity contribution in [1.82, 2.24) is 24.8 Å². The number of amides is 1. The van der Waals surface area contributed by atoms with E-state index >= 15 is 0 Å². The maximum Gasteiger partial charge on any atom is 0.281 e. The monoisotopic (exact) mass is 468 g/mol. The van der Waals surface area contributed by atoms with Crippen molar-refractivity contribution < 1.29 is 4.79 Å². The van der Waals surface area contributed by atoms with Crippen LogP contribution in [0, 0.1) is 0 Å². The predicted octanol–water partition coefficient (Wildman–Crippen LogP) is 2.82. The Labute approximate surface area is 198 Å². The van der Waals surface area contributed by atoms with Gasteiger partial charge in [-0.2, -0.15) is 0 Å². The summed E-state index contributed by atoms with van der Waals surface area (Å²) in [5.74, 6) is 0.778. The van der Waals surface area contributed by atoms with Crippen LogP contribution in [-0.4, -0.2) is 58.6 Å². The van der Waals surface area contributed by atoms with E-state index < -0.39 is 0 Å². The van der Waals surface area contributed by atoms with Crippen molar-refractivity contribution in [2.75, 3.05) is 32.1 Å². The van der Waals surface area contributed by atoms with Crippen molar-refractivity contribution in [2.45, 2.75) is 51.7 Å². The van der Waals surface area contributed by atoms with Crippen molar-refractivity contribution >= 4 is 32.7 Å². The first-order chi connectivity index (χ1) is 15.8. The fourth-order valence-electron chi connectivity index (χ4n) is 4.25. The van der Waals surface area contributed by atoms with Crippen LogP contribution in [0.5, 0.6) is 0 Å². The number of carbonyl (C=O) groups is 1. The van der Waals surface area contributed by atoms with Crippen LogP contribution in [0.1, 0.15) is 44.1 Å². The Morgan fingerprint density at radius 1 is 1.24 bits per heavy atom. The molecule has 33 heavy (non-hydrogen) atoms. The van der Waals surface area contributed by atoms with Gasteiger partial charge in [-0.05, 0) is 46.3 Å². The van der Waals surface area contributed by atoms with Gasteiger partial charge in [-0.3, -0.25) is 14.2 Å². The molecule has 176 valence electrons. The second kappa shape index (κ2) is 10.0.